The number of fused-ring (bicyclic) bond motifs is 5. The number of benzene rings is 1. The molecule has 5 rings (SSSR count). The zero-order valence-corrected chi connectivity index (χ0v) is 31.0. The van der Waals surface area contributed by atoms with E-state index in [4.69, 9.17) is 9.16 Å². The van der Waals surface area contributed by atoms with Gasteiger partial charge in [-0.1, -0.05) is 103 Å². The fourth-order valence-corrected chi connectivity index (χ4v) is 11.8. The summed E-state index contributed by atoms with van der Waals surface area (Å²) >= 11 is 0. The number of hydrogen-bond donors (Lipinski definition) is 1. The maximum Gasteiger partial charge on any atom is 0.192 e. The second-order valence-corrected chi connectivity index (χ2v) is 23.0. The minimum Gasteiger partial charge on any atom is -0.414 e. The Labute approximate surface area is 272 Å². The van der Waals surface area contributed by atoms with Crippen LogP contribution in [-0.2, 0) is 15.8 Å². The summed E-state index contributed by atoms with van der Waals surface area (Å²) in [6, 6.07) is 10.6. The molecule has 4 heteroatoms. The first-order chi connectivity index (χ1) is 20.5. The first-order valence-corrected chi connectivity index (χ1v) is 21.1. The molecule has 0 radical (unpaired) electrons. The van der Waals surface area contributed by atoms with E-state index in [0.29, 0.717) is 30.5 Å². The summed E-state index contributed by atoms with van der Waals surface area (Å²) in [5, 5.41) is 12.6. The first-order valence-electron chi connectivity index (χ1n) is 18.2. The SMILES string of the molecule is CC(C)CCC[C@](C)(O)[C@H]1[C@H](OCc2ccccc2)C[C@H]2[C@@H]3CC=C4C[C@@H](O[Si](C)(C)C(C)(C)C)CC[C@]4(C)[C@H]3CC[C@@]21C. The van der Waals surface area contributed by atoms with Crippen LogP contribution >= 0.6 is 0 Å². The maximum absolute atomic E-state index is 12.3. The van der Waals surface area contributed by atoms with Crippen molar-refractivity contribution in [3.8, 4) is 0 Å². The molecule has 0 spiro atoms. The van der Waals surface area contributed by atoms with Gasteiger partial charge in [-0.3, -0.25) is 0 Å². The van der Waals surface area contributed by atoms with Gasteiger partial charge in [0.15, 0.2) is 8.32 Å². The molecule has 9 atom stereocenters. The third kappa shape index (κ3) is 6.58. The second kappa shape index (κ2) is 12.6. The molecule has 0 heterocycles. The van der Waals surface area contributed by atoms with Crippen molar-refractivity contribution in [2.75, 3.05) is 0 Å². The summed E-state index contributed by atoms with van der Waals surface area (Å²) in [7, 11) is -1.78. The lowest BCUT2D eigenvalue weighted by Gasteiger charge is -2.59. The number of allylic oxidation sites excluding steroid dienone is 1. The lowest BCUT2D eigenvalue weighted by atomic mass is 9.46. The van der Waals surface area contributed by atoms with E-state index in [-0.39, 0.29) is 27.9 Å². The standard InChI is InChI=1S/C40H66O3Si/c1-28(2)15-14-22-40(8,41)36-35(42-27-29-16-12-11-13-17-29)26-34-32-19-18-30-25-31(43-44(9,10)37(3,4)5)20-23-38(30,6)33(32)21-24-39(34,36)7/h11-13,16-18,28,31-36,41H,14-15,19-27H2,1-10H3/t31-,32+,33-,34-,35+,36-,38-,39-,40-/m0/s1. The van der Waals surface area contributed by atoms with Crippen LogP contribution < -0.4 is 0 Å². The normalized spacial score (nSPS) is 37.1. The first kappa shape index (κ1) is 34.4. The van der Waals surface area contributed by atoms with Gasteiger partial charge in [-0.15, -0.1) is 0 Å². The molecule has 0 saturated heterocycles. The molecule has 1 aromatic rings. The van der Waals surface area contributed by atoms with E-state index < -0.39 is 13.9 Å². The molecule has 4 aliphatic carbocycles. The van der Waals surface area contributed by atoms with E-state index in [1.54, 1.807) is 5.57 Å². The van der Waals surface area contributed by atoms with Gasteiger partial charge >= 0.3 is 0 Å². The highest BCUT2D eigenvalue weighted by molar-refractivity contribution is 6.74. The lowest BCUT2D eigenvalue weighted by Crippen LogP contribution is -2.54. The van der Waals surface area contributed by atoms with Crippen molar-refractivity contribution in [1.82, 2.24) is 0 Å². The quantitative estimate of drug-likeness (QED) is 0.208. The van der Waals surface area contributed by atoms with E-state index in [2.05, 4.69) is 105 Å². The van der Waals surface area contributed by atoms with Gasteiger partial charge in [0, 0.05) is 12.0 Å². The van der Waals surface area contributed by atoms with Crippen molar-refractivity contribution in [3.63, 3.8) is 0 Å². The van der Waals surface area contributed by atoms with Crippen LogP contribution in [-0.4, -0.2) is 31.2 Å². The topological polar surface area (TPSA) is 38.7 Å². The summed E-state index contributed by atoms with van der Waals surface area (Å²) in [4.78, 5) is 0. The molecule has 248 valence electrons. The summed E-state index contributed by atoms with van der Waals surface area (Å²) < 4.78 is 13.9. The number of ether oxygens (including phenoxy) is 1. The molecule has 3 fully saturated rings. The Morgan fingerprint density at radius 2 is 1.70 bits per heavy atom. The summed E-state index contributed by atoms with van der Waals surface area (Å²) in [6.07, 6.45) is 14.6. The van der Waals surface area contributed by atoms with E-state index in [1.807, 2.05) is 0 Å². The van der Waals surface area contributed by atoms with Crippen molar-refractivity contribution < 1.29 is 14.3 Å². The van der Waals surface area contributed by atoms with Crippen molar-refractivity contribution >= 4 is 8.32 Å². The molecule has 4 aliphatic rings. The Balaban J connectivity index is 1.38. The van der Waals surface area contributed by atoms with Crippen LogP contribution in [0.3, 0.4) is 0 Å². The van der Waals surface area contributed by atoms with Crippen molar-refractivity contribution in [2.24, 2.45) is 40.4 Å². The molecule has 3 nitrogen and oxygen atoms in total. The Morgan fingerprint density at radius 1 is 1.00 bits per heavy atom. The minimum absolute atomic E-state index is 0.102. The average molecular weight is 623 g/mol. The molecule has 3 saturated carbocycles. The smallest absolute Gasteiger partial charge is 0.192 e. The molecule has 0 unspecified atom stereocenters. The van der Waals surface area contributed by atoms with Gasteiger partial charge in [0.05, 0.1) is 18.3 Å². The largest absolute Gasteiger partial charge is 0.414 e. The van der Waals surface area contributed by atoms with Crippen molar-refractivity contribution in [1.29, 1.82) is 0 Å². The number of hydrogen-bond acceptors (Lipinski definition) is 3. The van der Waals surface area contributed by atoms with Crippen molar-refractivity contribution in [3.05, 3.63) is 47.5 Å². The van der Waals surface area contributed by atoms with Gasteiger partial charge in [0.25, 0.3) is 0 Å². The predicted molar refractivity (Wildman–Crippen MR) is 187 cm³/mol. The zero-order chi connectivity index (χ0) is 32.1. The summed E-state index contributed by atoms with van der Waals surface area (Å²) in [6.45, 7) is 24.5. The molecule has 44 heavy (non-hydrogen) atoms. The lowest BCUT2D eigenvalue weighted by molar-refractivity contribution is -0.135. The highest BCUT2D eigenvalue weighted by Gasteiger charge is 2.64. The van der Waals surface area contributed by atoms with Crippen LogP contribution in [0.4, 0.5) is 0 Å². The van der Waals surface area contributed by atoms with Crippen LogP contribution in [0.2, 0.25) is 18.1 Å². The molecule has 0 bridgehead atoms. The summed E-state index contributed by atoms with van der Waals surface area (Å²) in [5.41, 5.74) is 2.61. The molecule has 0 aliphatic heterocycles. The van der Waals surface area contributed by atoms with Crippen LogP contribution in [0.15, 0.2) is 42.0 Å². The number of rotatable bonds is 10. The Morgan fingerprint density at radius 3 is 2.36 bits per heavy atom. The molecule has 0 amide bonds. The average Bonchev–Trinajstić information content (AvgIpc) is 3.24. The monoisotopic (exact) mass is 622 g/mol. The zero-order valence-electron chi connectivity index (χ0n) is 30.0. The van der Waals surface area contributed by atoms with Crippen LogP contribution in [0.5, 0.6) is 0 Å². The van der Waals surface area contributed by atoms with Crippen LogP contribution in [0, 0.1) is 40.4 Å². The van der Waals surface area contributed by atoms with Gasteiger partial charge in [0.1, 0.15) is 0 Å². The van der Waals surface area contributed by atoms with Gasteiger partial charge < -0.3 is 14.3 Å². The van der Waals surface area contributed by atoms with Gasteiger partial charge in [0.2, 0.25) is 0 Å². The Hall–Kier alpha value is -0.943. The minimum atomic E-state index is -1.78. The van der Waals surface area contributed by atoms with E-state index in [1.165, 1.54) is 44.1 Å². The Bertz CT molecular complexity index is 1150. The van der Waals surface area contributed by atoms with Gasteiger partial charge in [-0.2, -0.15) is 0 Å². The van der Waals surface area contributed by atoms with Crippen LogP contribution in [0.1, 0.15) is 125 Å². The third-order valence-corrected chi connectivity index (χ3v) is 18.3. The highest BCUT2D eigenvalue weighted by Crippen LogP contribution is 2.68. The Kier molecular flexibility index (Phi) is 9.84. The molecular formula is C40H66O3Si. The van der Waals surface area contributed by atoms with Gasteiger partial charge in [-0.25, -0.2) is 0 Å². The fourth-order valence-electron chi connectivity index (χ4n) is 10.4. The predicted octanol–water partition coefficient (Wildman–Crippen LogP) is 10.7. The fraction of sp³-hybridized carbons (Fsp3) is 0.800. The second-order valence-electron chi connectivity index (χ2n) is 18.2. The van der Waals surface area contributed by atoms with Crippen molar-refractivity contribution in [2.45, 2.75) is 162 Å². The van der Waals surface area contributed by atoms with E-state index in [9.17, 15) is 5.11 Å². The number of aliphatic hydroxyl groups is 1. The molecule has 0 aromatic heterocycles. The molecule has 1 aromatic carbocycles. The maximum atomic E-state index is 12.3. The van der Waals surface area contributed by atoms with Gasteiger partial charge in [-0.05, 0) is 116 Å². The highest BCUT2D eigenvalue weighted by atomic mass is 28.4. The molecule has 1 N–H and O–H groups in total. The van der Waals surface area contributed by atoms with E-state index in [0.717, 1.165) is 31.6 Å². The summed E-state index contributed by atoms with van der Waals surface area (Å²) in [5.74, 6) is 2.85. The van der Waals surface area contributed by atoms with E-state index >= 15 is 0 Å². The van der Waals surface area contributed by atoms with Crippen LogP contribution in [0.25, 0.3) is 0 Å². The molecular weight excluding hydrogens is 557 g/mol. The third-order valence-electron chi connectivity index (χ3n) is 13.8.